The maximum atomic E-state index is 10.3. The largest absolute Gasteiger partial charge is 0.477 e. The van der Waals surface area contributed by atoms with Gasteiger partial charge in [0.1, 0.15) is 0 Å². The monoisotopic (exact) mass is 168 g/mol. The summed E-state index contributed by atoms with van der Waals surface area (Å²) in [6, 6.07) is 7.36. The lowest BCUT2D eigenvalue weighted by atomic mass is 10.1. The summed E-state index contributed by atoms with van der Waals surface area (Å²) in [5, 5.41) is 26.4. The molecule has 1 aromatic rings. The van der Waals surface area contributed by atoms with Crippen molar-refractivity contribution < 1.29 is 20.1 Å². The molecule has 4 heteroatoms. The van der Waals surface area contributed by atoms with Crippen molar-refractivity contribution in [3.05, 3.63) is 35.9 Å². The quantitative estimate of drug-likeness (QED) is 0.539. The van der Waals surface area contributed by atoms with E-state index < -0.39 is 11.8 Å². The Morgan fingerprint density at radius 1 is 1.17 bits per heavy atom. The molecule has 0 aliphatic heterocycles. The molecule has 0 saturated heterocycles. The van der Waals surface area contributed by atoms with E-state index in [1.807, 2.05) is 0 Å². The SMILES string of the molecule is O=C(O)C(O)(O)c1ccccc1. The number of carbonyl (C=O) groups is 1. The number of aliphatic hydroxyl groups is 2. The zero-order chi connectivity index (χ0) is 9.19. The molecular weight excluding hydrogens is 160 g/mol. The highest BCUT2D eigenvalue weighted by Gasteiger charge is 2.34. The summed E-state index contributed by atoms with van der Waals surface area (Å²) >= 11 is 0. The first-order chi connectivity index (χ1) is 5.55. The van der Waals surface area contributed by atoms with Crippen molar-refractivity contribution in [1.29, 1.82) is 0 Å². The summed E-state index contributed by atoms with van der Waals surface area (Å²) in [5.74, 6) is -4.48. The zero-order valence-electron chi connectivity index (χ0n) is 6.14. The van der Waals surface area contributed by atoms with E-state index in [0.717, 1.165) is 0 Å². The number of carboxylic acids is 1. The van der Waals surface area contributed by atoms with E-state index in [2.05, 4.69) is 0 Å². The first-order valence-corrected chi connectivity index (χ1v) is 3.29. The van der Waals surface area contributed by atoms with Crippen LogP contribution in [0.15, 0.2) is 30.3 Å². The van der Waals surface area contributed by atoms with Crippen LogP contribution < -0.4 is 0 Å². The summed E-state index contributed by atoms with van der Waals surface area (Å²) in [6.07, 6.45) is 0. The van der Waals surface area contributed by atoms with E-state index in [9.17, 15) is 4.79 Å². The van der Waals surface area contributed by atoms with Crippen molar-refractivity contribution in [3.8, 4) is 0 Å². The lowest BCUT2D eigenvalue weighted by Gasteiger charge is -2.15. The van der Waals surface area contributed by atoms with Crippen LogP contribution in [0.2, 0.25) is 0 Å². The molecule has 12 heavy (non-hydrogen) atoms. The van der Waals surface area contributed by atoms with Gasteiger partial charge in [0.25, 0.3) is 5.79 Å². The molecule has 64 valence electrons. The minimum Gasteiger partial charge on any atom is -0.477 e. The molecule has 0 aromatic heterocycles. The van der Waals surface area contributed by atoms with Crippen LogP contribution >= 0.6 is 0 Å². The molecule has 0 spiro atoms. The van der Waals surface area contributed by atoms with Crippen molar-refractivity contribution in [3.63, 3.8) is 0 Å². The third kappa shape index (κ3) is 1.44. The summed E-state index contributed by atoms with van der Waals surface area (Å²) in [5.41, 5.74) is -0.0579. The number of hydrogen-bond acceptors (Lipinski definition) is 3. The van der Waals surface area contributed by atoms with Crippen molar-refractivity contribution in [2.24, 2.45) is 0 Å². The van der Waals surface area contributed by atoms with Gasteiger partial charge in [-0.1, -0.05) is 30.3 Å². The number of rotatable bonds is 2. The molecule has 0 atom stereocenters. The summed E-state index contributed by atoms with van der Waals surface area (Å²) < 4.78 is 0. The third-order valence-corrected chi connectivity index (χ3v) is 1.47. The molecule has 0 aliphatic rings. The van der Waals surface area contributed by atoms with E-state index >= 15 is 0 Å². The lowest BCUT2D eigenvalue weighted by molar-refractivity contribution is -0.208. The second-order valence-corrected chi connectivity index (χ2v) is 2.34. The Balaban J connectivity index is 3.06. The van der Waals surface area contributed by atoms with Gasteiger partial charge >= 0.3 is 5.97 Å². The van der Waals surface area contributed by atoms with Crippen LogP contribution in [-0.2, 0) is 10.6 Å². The predicted octanol–water partition coefficient (Wildman–Crippen LogP) is -0.0914. The van der Waals surface area contributed by atoms with E-state index in [1.165, 1.54) is 24.3 Å². The first kappa shape index (κ1) is 8.70. The highest BCUT2D eigenvalue weighted by molar-refractivity contribution is 5.76. The minimum atomic E-state index is -2.79. The topological polar surface area (TPSA) is 77.8 Å². The highest BCUT2D eigenvalue weighted by atomic mass is 16.5. The van der Waals surface area contributed by atoms with Crippen LogP contribution in [0.3, 0.4) is 0 Å². The van der Waals surface area contributed by atoms with Crippen LogP contribution in [0.25, 0.3) is 0 Å². The molecule has 0 bridgehead atoms. The zero-order valence-corrected chi connectivity index (χ0v) is 6.14. The van der Waals surface area contributed by atoms with Crippen molar-refractivity contribution in [2.45, 2.75) is 5.79 Å². The molecule has 0 heterocycles. The van der Waals surface area contributed by atoms with Crippen LogP contribution in [0.4, 0.5) is 0 Å². The predicted molar refractivity (Wildman–Crippen MR) is 40.2 cm³/mol. The van der Waals surface area contributed by atoms with Crippen molar-refractivity contribution in [1.82, 2.24) is 0 Å². The summed E-state index contributed by atoms with van der Waals surface area (Å²) in [7, 11) is 0. The standard InChI is InChI=1S/C8H8O4/c9-7(10)8(11,12)6-4-2-1-3-5-6/h1-5,11-12H,(H,9,10). The average molecular weight is 168 g/mol. The molecule has 1 aromatic carbocycles. The summed E-state index contributed by atoms with van der Waals surface area (Å²) in [6.45, 7) is 0. The van der Waals surface area contributed by atoms with Crippen molar-refractivity contribution >= 4 is 5.97 Å². The van der Waals surface area contributed by atoms with Crippen LogP contribution in [0.1, 0.15) is 5.56 Å². The fraction of sp³-hybridized carbons (Fsp3) is 0.125. The molecule has 0 fully saturated rings. The second-order valence-electron chi connectivity index (χ2n) is 2.34. The Labute approximate surface area is 68.7 Å². The average Bonchev–Trinajstić information content (AvgIpc) is 2.06. The molecule has 0 amide bonds. The molecule has 0 radical (unpaired) electrons. The highest BCUT2D eigenvalue weighted by Crippen LogP contribution is 2.16. The van der Waals surface area contributed by atoms with Crippen LogP contribution in [-0.4, -0.2) is 21.3 Å². The lowest BCUT2D eigenvalue weighted by Crippen LogP contribution is -2.34. The summed E-state index contributed by atoms with van der Waals surface area (Å²) in [4.78, 5) is 10.3. The van der Waals surface area contributed by atoms with Gasteiger partial charge in [-0.25, -0.2) is 4.79 Å². The normalized spacial score (nSPS) is 11.2. The van der Waals surface area contributed by atoms with E-state index in [1.54, 1.807) is 6.07 Å². The number of carboxylic acid groups (broad SMARTS) is 1. The Morgan fingerprint density at radius 2 is 1.67 bits per heavy atom. The number of aliphatic carboxylic acids is 1. The van der Waals surface area contributed by atoms with Gasteiger partial charge in [-0.3, -0.25) is 0 Å². The number of benzene rings is 1. The maximum Gasteiger partial charge on any atom is 0.369 e. The third-order valence-electron chi connectivity index (χ3n) is 1.47. The molecule has 0 aliphatic carbocycles. The van der Waals surface area contributed by atoms with Gasteiger partial charge in [0.05, 0.1) is 0 Å². The van der Waals surface area contributed by atoms with Crippen molar-refractivity contribution in [2.75, 3.05) is 0 Å². The smallest absolute Gasteiger partial charge is 0.369 e. The Kier molecular flexibility index (Phi) is 2.12. The van der Waals surface area contributed by atoms with E-state index in [0.29, 0.717) is 0 Å². The Bertz CT molecular complexity index is 278. The minimum absolute atomic E-state index is 0.0579. The molecular formula is C8H8O4. The van der Waals surface area contributed by atoms with Gasteiger partial charge in [0.2, 0.25) is 0 Å². The molecule has 3 N–H and O–H groups in total. The first-order valence-electron chi connectivity index (χ1n) is 3.29. The van der Waals surface area contributed by atoms with Gasteiger partial charge in [0, 0.05) is 5.56 Å². The van der Waals surface area contributed by atoms with Gasteiger partial charge in [-0.15, -0.1) is 0 Å². The molecule has 0 saturated carbocycles. The van der Waals surface area contributed by atoms with Crippen LogP contribution in [0.5, 0.6) is 0 Å². The fourth-order valence-electron chi connectivity index (χ4n) is 0.794. The Hall–Kier alpha value is -1.39. The molecule has 1 rings (SSSR count). The van der Waals surface area contributed by atoms with Crippen LogP contribution in [0, 0.1) is 0 Å². The van der Waals surface area contributed by atoms with Gasteiger partial charge in [-0.05, 0) is 0 Å². The van der Waals surface area contributed by atoms with E-state index in [4.69, 9.17) is 15.3 Å². The van der Waals surface area contributed by atoms with Gasteiger partial charge in [-0.2, -0.15) is 0 Å². The van der Waals surface area contributed by atoms with Gasteiger partial charge < -0.3 is 15.3 Å². The Morgan fingerprint density at radius 3 is 2.08 bits per heavy atom. The van der Waals surface area contributed by atoms with Gasteiger partial charge in [0.15, 0.2) is 0 Å². The maximum absolute atomic E-state index is 10.3. The number of hydrogen-bond donors (Lipinski definition) is 3. The van der Waals surface area contributed by atoms with E-state index in [-0.39, 0.29) is 5.56 Å². The molecule has 0 unspecified atom stereocenters. The fourth-order valence-corrected chi connectivity index (χ4v) is 0.794. The molecule has 4 nitrogen and oxygen atoms in total. The second kappa shape index (κ2) is 2.92.